The molecule has 2 N–H and O–H groups in total. The van der Waals surface area contributed by atoms with Gasteiger partial charge in [0, 0.05) is 24.2 Å². The second kappa shape index (κ2) is 8.37. The summed E-state index contributed by atoms with van der Waals surface area (Å²) < 4.78 is 2.10. The first kappa shape index (κ1) is 19.6. The molecule has 1 aliphatic rings. The quantitative estimate of drug-likeness (QED) is 0.572. The van der Waals surface area contributed by atoms with Crippen LogP contribution in [0.2, 0.25) is 0 Å². The molecule has 2 aromatic carbocycles. The van der Waals surface area contributed by atoms with Crippen molar-refractivity contribution in [3.05, 3.63) is 82.9 Å². The van der Waals surface area contributed by atoms with Crippen LogP contribution in [0.5, 0.6) is 0 Å². The predicted molar refractivity (Wildman–Crippen MR) is 116 cm³/mol. The minimum absolute atomic E-state index is 0.120. The van der Waals surface area contributed by atoms with Crippen LogP contribution < -0.4 is 5.32 Å². The first-order valence-electron chi connectivity index (χ1n) is 10.1. The average molecular weight is 401 g/mol. The van der Waals surface area contributed by atoms with E-state index in [1.807, 2.05) is 42.5 Å². The summed E-state index contributed by atoms with van der Waals surface area (Å²) in [7, 11) is 0. The second-order valence-electron chi connectivity index (χ2n) is 7.35. The van der Waals surface area contributed by atoms with E-state index >= 15 is 0 Å². The summed E-state index contributed by atoms with van der Waals surface area (Å²) in [5.74, 6) is -0.105. The standard InChI is InChI=1S/C24H23N3O3/c1-2-3-8-22-25-14-18(13-20-19-6-4-5-7-21(19)26-23(20)28)27(22)15-16-9-11-17(12-10-16)24(29)30/h4-7,9-14H,2-3,8,15H2,1H3,(H,26,28)(H,29,30)/b20-13-. The number of aromatic carboxylic acids is 1. The van der Waals surface area contributed by atoms with Crippen molar-refractivity contribution in [2.45, 2.75) is 32.7 Å². The highest BCUT2D eigenvalue weighted by molar-refractivity contribution is 6.34. The molecule has 30 heavy (non-hydrogen) atoms. The average Bonchev–Trinajstić information content (AvgIpc) is 3.27. The van der Waals surface area contributed by atoms with Gasteiger partial charge in [0.25, 0.3) is 5.91 Å². The van der Waals surface area contributed by atoms with E-state index in [-0.39, 0.29) is 11.5 Å². The van der Waals surface area contributed by atoms with Gasteiger partial charge < -0.3 is 15.0 Å². The molecule has 0 radical (unpaired) electrons. The normalized spacial score (nSPS) is 14.0. The zero-order chi connectivity index (χ0) is 21.1. The molecule has 1 amide bonds. The highest BCUT2D eigenvalue weighted by Crippen LogP contribution is 2.33. The molecule has 0 spiro atoms. The van der Waals surface area contributed by atoms with Crippen LogP contribution in [-0.2, 0) is 17.8 Å². The number of carbonyl (C=O) groups excluding carboxylic acids is 1. The first-order valence-corrected chi connectivity index (χ1v) is 10.1. The van der Waals surface area contributed by atoms with Crippen molar-refractivity contribution < 1.29 is 14.7 Å². The number of aryl methyl sites for hydroxylation is 1. The van der Waals surface area contributed by atoms with Gasteiger partial charge in [-0.05, 0) is 36.3 Å². The van der Waals surface area contributed by atoms with Gasteiger partial charge in [-0.2, -0.15) is 0 Å². The summed E-state index contributed by atoms with van der Waals surface area (Å²) in [6.07, 6.45) is 6.61. The molecule has 2 heterocycles. The number of unbranched alkanes of at least 4 members (excludes halogenated alkanes) is 1. The number of nitrogens with one attached hydrogen (secondary N) is 1. The molecule has 0 fully saturated rings. The molecule has 4 rings (SSSR count). The summed E-state index contributed by atoms with van der Waals surface area (Å²) >= 11 is 0. The van der Waals surface area contributed by atoms with Crippen LogP contribution in [0.3, 0.4) is 0 Å². The lowest BCUT2D eigenvalue weighted by atomic mass is 10.1. The highest BCUT2D eigenvalue weighted by atomic mass is 16.4. The fourth-order valence-corrected chi connectivity index (χ4v) is 3.63. The Morgan fingerprint density at radius 3 is 2.67 bits per heavy atom. The Bertz CT molecular complexity index is 1130. The number of anilines is 1. The number of rotatable bonds is 7. The van der Waals surface area contributed by atoms with Gasteiger partial charge in [-0.15, -0.1) is 0 Å². The van der Waals surface area contributed by atoms with Crippen LogP contribution >= 0.6 is 0 Å². The minimum Gasteiger partial charge on any atom is -0.478 e. The number of carboxylic acid groups (broad SMARTS) is 1. The number of benzene rings is 2. The molecule has 6 nitrogen and oxygen atoms in total. The predicted octanol–water partition coefficient (Wildman–Crippen LogP) is 4.46. The Labute approximate surface area is 174 Å². The molecule has 1 aromatic heterocycles. The molecule has 0 bridgehead atoms. The second-order valence-corrected chi connectivity index (χ2v) is 7.35. The molecule has 152 valence electrons. The number of hydrogen-bond acceptors (Lipinski definition) is 3. The van der Waals surface area contributed by atoms with Crippen molar-refractivity contribution in [3.8, 4) is 0 Å². The van der Waals surface area contributed by atoms with E-state index in [9.17, 15) is 9.59 Å². The summed E-state index contributed by atoms with van der Waals surface area (Å²) in [6.45, 7) is 2.70. The van der Waals surface area contributed by atoms with Gasteiger partial charge in [0.2, 0.25) is 0 Å². The Hall–Kier alpha value is -3.67. The third kappa shape index (κ3) is 3.89. The van der Waals surface area contributed by atoms with Crippen molar-refractivity contribution in [2.75, 3.05) is 5.32 Å². The van der Waals surface area contributed by atoms with Crippen molar-refractivity contribution >= 4 is 29.2 Å². The lowest BCUT2D eigenvalue weighted by Gasteiger charge is -2.11. The van der Waals surface area contributed by atoms with E-state index in [4.69, 9.17) is 5.11 Å². The lowest BCUT2D eigenvalue weighted by Crippen LogP contribution is -2.09. The van der Waals surface area contributed by atoms with E-state index in [0.717, 1.165) is 47.6 Å². The number of aromatic nitrogens is 2. The van der Waals surface area contributed by atoms with Crippen LogP contribution in [0, 0.1) is 0 Å². The van der Waals surface area contributed by atoms with Crippen molar-refractivity contribution in [1.29, 1.82) is 0 Å². The van der Waals surface area contributed by atoms with Crippen LogP contribution in [0.4, 0.5) is 5.69 Å². The van der Waals surface area contributed by atoms with Gasteiger partial charge in [-0.3, -0.25) is 4.79 Å². The van der Waals surface area contributed by atoms with Gasteiger partial charge >= 0.3 is 5.97 Å². The zero-order valence-corrected chi connectivity index (χ0v) is 16.8. The molecule has 3 aromatic rings. The molecule has 0 saturated heterocycles. The van der Waals surface area contributed by atoms with E-state index in [2.05, 4.69) is 21.8 Å². The minimum atomic E-state index is -0.941. The number of carbonyl (C=O) groups is 2. The van der Waals surface area contributed by atoms with Gasteiger partial charge in [0.15, 0.2) is 0 Å². The Morgan fingerprint density at radius 1 is 1.17 bits per heavy atom. The van der Waals surface area contributed by atoms with Gasteiger partial charge in [-0.1, -0.05) is 43.7 Å². The molecule has 0 unspecified atom stereocenters. The summed E-state index contributed by atoms with van der Waals surface area (Å²) in [5, 5.41) is 12.0. The highest BCUT2D eigenvalue weighted by Gasteiger charge is 2.24. The number of amides is 1. The maximum absolute atomic E-state index is 12.5. The number of hydrogen-bond donors (Lipinski definition) is 2. The van der Waals surface area contributed by atoms with Gasteiger partial charge in [-0.25, -0.2) is 9.78 Å². The van der Waals surface area contributed by atoms with Crippen LogP contribution in [-0.4, -0.2) is 26.5 Å². The molecular formula is C24H23N3O3. The van der Waals surface area contributed by atoms with Crippen LogP contribution in [0.25, 0.3) is 11.6 Å². The Morgan fingerprint density at radius 2 is 1.93 bits per heavy atom. The Balaban J connectivity index is 1.71. The van der Waals surface area contributed by atoms with E-state index < -0.39 is 5.97 Å². The maximum atomic E-state index is 12.5. The molecule has 1 aliphatic heterocycles. The molecule has 6 heteroatoms. The lowest BCUT2D eigenvalue weighted by molar-refractivity contribution is -0.110. The topological polar surface area (TPSA) is 84.2 Å². The van der Waals surface area contributed by atoms with Crippen molar-refractivity contribution in [3.63, 3.8) is 0 Å². The summed E-state index contributed by atoms with van der Waals surface area (Å²) in [5.41, 5.74) is 4.41. The fourth-order valence-electron chi connectivity index (χ4n) is 3.63. The largest absolute Gasteiger partial charge is 0.478 e. The zero-order valence-electron chi connectivity index (χ0n) is 16.8. The maximum Gasteiger partial charge on any atom is 0.335 e. The van der Waals surface area contributed by atoms with E-state index in [1.165, 1.54) is 0 Å². The number of imidazole rings is 1. The monoisotopic (exact) mass is 401 g/mol. The summed E-state index contributed by atoms with van der Waals surface area (Å²) in [4.78, 5) is 28.3. The van der Waals surface area contributed by atoms with E-state index in [1.54, 1.807) is 18.3 Å². The SMILES string of the molecule is CCCCc1ncc(/C=C2\C(=O)Nc3ccccc32)n1Cc1ccc(C(=O)O)cc1. The number of para-hydroxylation sites is 1. The smallest absolute Gasteiger partial charge is 0.335 e. The van der Waals surface area contributed by atoms with Crippen molar-refractivity contribution in [1.82, 2.24) is 9.55 Å². The van der Waals surface area contributed by atoms with E-state index in [0.29, 0.717) is 12.1 Å². The van der Waals surface area contributed by atoms with Crippen molar-refractivity contribution in [2.24, 2.45) is 0 Å². The third-order valence-corrected chi connectivity index (χ3v) is 5.27. The third-order valence-electron chi connectivity index (χ3n) is 5.27. The van der Waals surface area contributed by atoms with Crippen LogP contribution in [0.1, 0.15) is 52.8 Å². The first-order chi connectivity index (χ1) is 14.6. The Kier molecular flexibility index (Phi) is 5.48. The van der Waals surface area contributed by atoms with Gasteiger partial charge in [0.1, 0.15) is 5.82 Å². The van der Waals surface area contributed by atoms with Crippen LogP contribution in [0.15, 0.2) is 54.7 Å². The molecule has 0 atom stereocenters. The molecular weight excluding hydrogens is 378 g/mol. The number of nitrogens with zero attached hydrogens (tertiary/aromatic N) is 2. The number of fused-ring (bicyclic) bond motifs is 1. The molecule has 0 saturated carbocycles. The number of carboxylic acids is 1. The fraction of sp³-hybridized carbons (Fsp3) is 0.208. The van der Waals surface area contributed by atoms with Gasteiger partial charge in [0.05, 0.1) is 23.0 Å². The summed E-state index contributed by atoms with van der Waals surface area (Å²) in [6, 6.07) is 14.5. The molecule has 0 aliphatic carbocycles.